The maximum Gasteiger partial charge on any atom is 1.00 e. The molecule has 0 saturated heterocycles. The molecule has 1 atom stereocenters. The molecular weight excluding hydrogens is 291 g/mol. The second-order valence-corrected chi connectivity index (χ2v) is 5.37. The van der Waals surface area contributed by atoms with Gasteiger partial charge < -0.3 is 20.3 Å². The number of aliphatic hydroxyl groups excluding tert-OH is 1. The number of aliphatic hydroxyl groups is 1. The molecule has 0 fully saturated rings. The van der Waals surface area contributed by atoms with Gasteiger partial charge in [0.1, 0.15) is 0 Å². The van der Waals surface area contributed by atoms with Gasteiger partial charge in [-0.25, -0.2) is 0 Å². The molecule has 0 rings (SSSR count). The number of hydrogen-bond acceptors (Lipinski definition) is 5. The Kier molecular flexibility index (Phi) is 17.1. The largest absolute Gasteiger partial charge is 1.00 e. The molecule has 0 aromatic carbocycles. The van der Waals surface area contributed by atoms with E-state index in [0.717, 1.165) is 12.8 Å². The van der Waals surface area contributed by atoms with Crippen LogP contribution in [0.25, 0.3) is 0 Å². The minimum atomic E-state index is -0.873. The van der Waals surface area contributed by atoms with Crippen LogP contribution in [0.15, 0.2) is 17.1 Å². The average Bonchev–Trinajstić information content (AvgIpc) is 2.43. The molecule has 1 unspecified atom stereocenters. The Bertz CT molecular complexity index is 360. The van der Waals surface area contributed by atoms with Crippen LogP contribution in [0.1, 0.15) is 46.0 Å². The van der Waals surface area contributed by atoms with E-state index in [1.54, 1.807) is 6.92 Å². The van der Waals surface area contributed by atoms with Crippen LogP contribution in [0.4, 0.5) is 0 Å². The molecule has 0 radical (unpaired) electrons. The van der Waals surface area contributed by atoms with Crippen molar-refractivity contribution in [2.45, 2.75) is 52.1 Å². The number of hydrogen-bond donors (Lipinski definition) is 2. The second kappa shape index (κ2) is 16.1. The van der Waals surface area contributed by atoms with E-state index in [0.29, 0.717) is 39.0 Å². The molecule has 0 aliphatic rings. The van der Waals surface area contributed by atoms with Crippen molar-refractivity contribution < 1.29 is 39.0 Å². The molecule has 0 aromatic rings. The van der Waals surface area contributed by atoms with E-state index in [9.17, 15) is 15.0 Å². The summed E-state index contributed by atoms with van der Waals surface area (Å²) in [7, 11) is 0. The standard InChI is InChI=1S/C16H30N2O4.Li/c1-3-4-5-6-7-8-15(20)17-10-12-18(13-14(2)19)11-9-16(21)22;/h5-6,14,19H,3-4,7-13H2,1-2H3,(H,17,20)(H,21,22);/q;+1/p-1/b6-5+;. The van der Waals surface area contributed by atoms with Gasteiger partial charge in [-0.1, -0.05) is 25.5 Å². The Hall–Kier alpha value is -0.803. The fourth-order valence-corrected chi connectivity index (χ4v) is 1.93. The first-order valence-electron chi connectivity index (χ1n) is 7.93. The van der Waals surface area contributed by atoms with Crippen LogP contribution in [-0.4, -0.2) is 59.3 Å². The van der Waals surface area contributed by atoms with Gasteiger partial charge in [0.05, 0.1) is 19.1 Å². The van der Waals surface area contributed by atoms with Gasteiger partial charge in [0.2, 0.25) is 0 Å². The number of aliphatic carboxylic acids is 1. The van der Waals surface area contributed by atoms with Gasteiger partial charge in [0, 0.05) is 19.6 Å². The second-order valence-electron chi connectivity index (χ2n) is 5.37. The number of nitrogens with zero attached hydrogens (tertiary/aromatic N) is 2. The molecule has 0 saturated carbocycles. The minimum absolute atomic E-state index is 0. The summed E-state index contributed by atoms with van der Waals surface area (Å²) >= 11 is 0. The summed E-state index contributed by atoms with van der Waals surface area (Å²) in [6, 6.07) is 0. The van der Waals surface area contributed by atoms with Crippen molar-refractivity contribution in [1.29, 1.82) is 0 Å². The summed E-state index contributed by atoms with van der Waals surface area (Å²) in [4.78, 5) is 16.4. The molecule has 0 aliphatic heterocycles. The number of carboxylic acids is 1. The summed E-state index contributed by atoms with van der Waals surface area (Å²) in [6.45, 7) is 5.31. The van der Waals surface area contributed by atoms with Gasteiger partial charge in [0.15, 0.2) is 0 Å². The van der Waals surface area contributed by atoms with Crippen LogP contribution < -0.4 is 24.0 Å². The summed E-state index contributed by atoms with van der Waals surface area (Å²) in [5.74, 6) is -1.00. The maximum atomic E-state index is 11.6. The van der Waals surface area contributed by atoms with Crippen LogP contribution in [0.3, 0.4) is 0 Å². The van der Waals surface area contributed by atoms with E-state index in [1.807, 2.05) is 11.0 Å². The molecule has 0 aliphatic carbocycles. The van der Waals surface area contributed by atoms with E-state index in [-0.39, 0.29) is 31.2 Å². The molecule has 128 valence electrons. The predicted octanol–water partition coefficient (Wildman–Crippen LogP) is -1.96. The Morgan fingerprint density at radius 2 is 1.91 bits per heavy atom. The molecule has 0 aromatic heterocycles. The van der Waals surface area contributed by atoms with E-state index >= 15 is 0 Å². The molecule has 7 heteroatoms. The topological polar surface area (TPSA) is 96.2 Å². The van der Waals surface area contributed by atoms with Crippen LogP contribution in [-0.2, 0) is 4.79 Å². The predicted molar refractivity (Wildman–Crippen MR) is 86.0 cm³/mol. The average molecular weight is 320 g/mol. The van der Waals surface area contributed by atoms with Crippen LogP contribution in [0.2, 0.25) is 0 Å². The fourth-order valence-electron chi connectivity index (χ4n) is 1.93. The third kappa shape index (κ3) is 17.4. The van der Waals surface area contributed by atoms with Crippen molar-refractivity contribution in [3.63, 3.8) is 0 Å². The Labute approximate surface area is 151 Å². The van der Waals surface area contributed by atoms with Crippen molar-refractivity contribution >= 4 is 11.9 Å². The van der Waals surface area contributed by atoms with E-state index in [4.69, 9.17) is 5.11 Å². The van der Waals surface area contributed by atoms with Crippen LogP contribution in [0.5, 0.6) is 0 Å². The zero-order valence-electron chi connectivity index (χ0n) is 14.7. The molecule has 0 heterocycles. The van der Waals surface area contributed by atoms with Crippen molar-refractivity contribution in [3.05, 3.63) is 12.2 Å². The molecule has 0 spiro atoms. The maximum absolute atomic E-state index is 11.6. The number of carbonyl (C=O) groups is 1. The third-order valence-electron chi connectivity index (χ3n) is 3.02. The molecule has 23 heavy (non-hydrogen) atoms. The summed E-state index contributed by atoms with van der Waals surface area (Å²) in [5.41, 5.74) is 0. The van der Waals surface area contributed by atoms with Gasteiger partial charge >= 0.3 is 24.8 Å². The fraction of sp³-hybridized carbons (Fsp3) is 0.750. The summed E-state index contributed by atoms with van der Waals surface area (Å²) < 4.78 is 0. The quantitative estimate of drug-likeness (QED) is 0.178. The van der Waals surface area contributed by atoms with Gasteiger partial charge in [-0.2, -0.15) is 0 Å². The van der Waals surface area contributed by atoms with Crippen molar-refractivity contribution in [3.8, 4) is 0 Å². The zero-order chi connectivity index (χ0) is 16.8. The smallest absolute Gasteiger partial charge is 0.862 e. The normalized spacial score (nSPS) is 13.3. The van der Waals surface area contributed by atoms with Crippen molar-refractivity contribution in [2.24, 2.45) is 4.99 Å². The third-order valence-corrected chi connectivity index (χ3v) is 3.02. The van der Waals surface area contributed by atoms with E-state index < -0.39 is 12.1 Å². The van der Waals surface area contributed by atoms with Crippen LogP contribution >= 0.6 is 0 Å². The number of allylic oxidation sites excluding steroid dienone is 2. The Morgan fingerprint density at radius 3 is 2.48 bits per heavy atom. The van der Waals surface area contributed by atoms with E-state index in [2.05, 4.69) is 18.0 Å². The number of carboxylic acid groups (broad SMARTS) is 1. The van der Waals surface area contributed by atoms with Gasteiger partial charge in [-0.3, -0.25) is 9.69 Å². The SMILES string of the molecule is CCC/C=C/CCC([O-])=NCCN(CCC(=O)O)CC(C)O.[Li+]. The molecular formula is C16H29LiN2O4. The summed E-state index contributed by atoms with van der Waals surface area (Å²) in [6.07, 6.45) is 6.81. The van der Waals surface area contributed by atoms with Crippen molar-refractivity contribution in [2.75, 3.05) is 26.2 Å². The van der Waals surface area contributed by atoms with Crippen LogP contribution in [0, 0.1) is 0 Å². The number of rotatable bonds is 13. The Balaban J connectivity index is 0. The van der Waals surface area contributed by atoms with Crippen molar-refractivity contribution in [1.82, 2.24) is 4.90 Å². The van der Waals surface area contributed by atoms with Gasteiger partial charge in [0.25, 0.3) is 0 Å². The minimum Gasteiger partial charge on any atom is -0.862 e. The molecule has 0 bridgehead atoms. The number of unbranched alkanes of at least 4 members (excludes halogenated alkanes) is 1. The molecule has 6 nitrogen and oxygen atoms in total. The van der Waals surface area contributed by atoms with E-state index in [1.165, 1.54) is 0 Å². The Morgan fingerprint density at radius 1 is 1.26 bits per heavy atom. The monoisotopic (exact) mass is 320 g/mol. The summed E-state index contributed by atoms with van der Waals surface area (Å²) in [5, 5.41) is 29.7. The first-order chi connectivity index (χ1) is 10.5. The first-order valence-corrected chi connectivity index (χ1v) is 7.93. The molecule has 2 N–H and O–H groups in total. The molecule has 0 amide bonds. The first kappa shape index (κ1) is 24.4. The number of aliphatic imine (C=N–C) groups is 1. The van der Waals surface area contributed by atoms with Gasteiger partial charge in [-0.15, -0.1) is 0 Å². The van der Waals surface area contributed by atoms with Gasteiger partial charge in [-0.05, 0) is 32.1 Å². The zero-order valence-corrected chi connectivity index (χ0v) is 14.7.